The fourth-order valence-corrected chi connectivity index (χ4v) is 5.54. The lowest BCUT2D eigenvalue weighted by Crippen LogP contribution is -2.52. The Balaban J connectivity index is 1.43. The van der Waals surface area contributed by atoms with E-state index in [0.717, 1.165) is 24.0 Å². The molecule has 1 saturated heterocycles. The molecule has 29 heavy (non-hydrogen) atoms. The van der Waals surface area contributed by atoms with Crippen molar-refractivity contribution in [1.82, 2.24) is 9.21 Å². The highest BCUT2D eigenvalue weighted by atomic mass is 32.2. The average molecular weight is 413 g/mol. The van der Waals surface area contributed by atoms with E-state index in [0.29, 0.717) is 37.0 Å². The zero-order valence-electron chi connectivity index (χ0n) is 17.0. The normalized spacial score (nSPS) is 19.3. The summed E-state index contributed by atoms with van der Waals surface area (Å²) in [5.74, 6) is 0.503. The number of hydrogen-bond acceptors (Lipinski definition) is 3. The van der Waals surface area contributed by atoms with Gasteiger partial charge < -0.3 is 4.90 Å². The van der Waals surface area contributed by atoms with Crippen LogP contribution >= 0.6 is 0 Å². The number of amides is 1. The first-order chi connectivity index (χ1) is 13.8. The molecule has 0 N–H and O–H groups in total. The highest BCUT2D eigenvalue weighted by molar-refractivity contribution is 7.89. The molecule has 2 aliphatic rings. The van der Waals surface area contributed by atoms with Crippen LogP contribution in [0.15, 0.2) is 59.5 Å². The molecule has 2 fully saturated rings. The number of rotatable bonds is 5. The standard InChI is InChI=1S/C23H28N2O3S/c1-18(2)19-8-10-21(11-9-19)29(27,28)25-16-14-24(15-17-25)22(26)23(12-13-23)20-6-4-3-5-7-20/h3-11,18H,12-17H2,1-2H3. The SMILES string of the molecule is CC(C)c1ccc(S(=O)(=O)N2CCN(C(=O)C3(c4ccccc4)CC3)CC2)cc1. The van der Waals surface area contributed by atoms with Gasteiger partial charge in [-0.1, -0.05) is 56.3 Å². The van der Waals surface area contributed by atoms with Crippen molar-refractivity contribution in [2.24, 2.45) is 0 Å². The van der Waals surface area contributed by atoms with Crippen LogP contribution in [0.3, 0.4) is 0 Å². The molecule has 6 heteroatoms. The third-order valence-electron chi connectivity index (χ3n) is 6.20. The average Bonchev–Trinajstić information content (AvgIpc) is 3.56. The number of carbonyl (C=O) groups is 1. The van der Waals surface area contributed by atoms with Crippen molar-refractivity contribution in [3.05, 3.63) is 65.7 Å². The summed E-state index contributed by atoms with van der Waals surface area (Å²) in [4.78, 5) is 15.3. The molecule has 1 heterocycles. The van der Waals surface area contributed by atoms with Gasteiger partial charge in [0.1, 0.15) is 0 Å². The maximum Gasteiger partial charge on any atom is 0.243 e. The van der Waals surface area contributed by atoms with Crippen LogP contribution in [0.25, 0.3) is 0 Å². The summed E-state index contributed by atoms with van der Waals surface area (Å²) in [6.07, 6.45) is 1.74. The second-order valence-corrected chi connectivity index (χ2v) is 10.3. The lowest BCUT2D eigenvalue weighted by Gasteiger charge is -2.36. The number of benzene rings is 2. The van der Waals surface area contributed by atoms with Gasteiger partial charge in [0.2, 0.25) is 15.9 Å². The van der Waals surface area contributed by atoms with Crippen LogP contribution in [0.4, 0.5) is 0 Å². The Kier molecular flexibility index (Phi) is 5.25. The zero-order chi connectivity index (χ0) is 20.6. The van der Waals surface area contributed by atoms with Gasteiger partial charge in [0.15, 0.2) is 0 Å². The number of hydrogen-bond donors (Lipinski definition) is 0. The lowest BCUT2D eigenvalue weighted by molar-refractivity contribution is -0.135. The predicted molar refractivity (Wildman–Crippen MR) is 113 cm³/mol. The molecule has 1 aliphatic heterocycles. The summed E-state index contributed by atoms with van der Waals surface area (Å²) in [5.41, 5.74) is 1.80. The highest BCUT2D eigenvalue weighted by Crippen LogP contribution is 2.49. The first-order valence-electron chi connectivity index (χ1n) is 10.3. The Morgan fingerprint density at radius 1 is 0.897 bits per heavy atom. The minimum absolute atomic E-state index is 0.141. The molecule has 0 radical (unpaired) electrons. The van der Waals surface area contributed by atoms with Crippen LogP contribution in [-0.4, -0.2) is 49.7 Å². The van der Waals surface area contributed by atoms with Crippen molar-refractivity contribution >= 4 is 15.9 Å². The summed E-state index contributed by atoms with van der Waals surface area (Å²) in [6.45, 7) is 5.73. The van der Waals surface area contributed by atoms with Gasteiger partial charge in [-0.2, -0.15) is 4.31 Å². The quantitative estimate of drug-likeness (QED) is 0.757. The minimum atomic E-state index is -3.53. The van der Waals surface area contributed by atoms with Gasteiger partial charge >= 0.3 is 0 Å². The monoisotopic (exact) mass is 412 g/mol. The summed E-state index contributed by atoms with van der Waals surface area (Å²) in [7, 11) is -3.53. The van der Waals surface area contributed by atoms with Gasteiger partial charge in [0, 0.05) is 26.2 Å². The smallest absolute Gasteiger partial charge is 0.243 e. The van der Waals surface area contributed by atoms with Gasteiger partial charge in [0.25, 0.3) is 0 Å². The van der Waals surface area contributed by atoms with Gasteiger partial charge in [-0.3, -0.25) is 4.79 Å². The van der Waals surface area contributed by atoms with Crippen molar-refractivity contribution in [3.8, 4) is 0 Å². The molecule has 1 saturated carbocycles. The van der Waals surface area contributed by atoms with E-state index in [1.165, 1.54) is 4.31 Å². The Labute approximate surface area is 173 Å². The van der Waals surface area contributed by atoms with E-state index in [1.807, 2.05) is 47.4 Å². The van der Waals surface area contributed by atoms with Crippen molar-refractivity contribution in [2.75, 3.05) is 26.2 Å². The summed E-state index contributed by atoms with van der Waals surface area (Å²) < 4.78 is 27.5. The van der Waals surface area contributed by atoms with Gasteiger partial charge in [-0.05, 0) is 42.0 Å². The van der Waals surface area contributed by atoms with Crippen LogP contribution in [0, 0.1) is 0 Å². The summed E-state index contributed by atoms with van der Waals surface area (Å²) in [5, 5.41) is 0. The fourth-order valence-electron chi connectivity index (χ4n) is 4.12. The van der Waals surface area contributed by atoms with Gasteiger partial charge in [0.05, 0.1) is 10.3 Å². The van der Waals surface area contributed by atoms with Crippen molar-refractivity contribution in [2.45, 2.75) is 42.9 Å². The number of nitrogens with zero attached hydrogens (tertiary/aromatic N) is 2. The van der Waals surface area contributed by atoms with Gasteiger partial charge in [-0.15, -0.1) is 0 Å². The second kappa shape index (κ2) is 7.58. The molecular formula is C23H28N2O3S. The Hall–Kier alpha value is -2.18. The van der Waals surface area contributed by atoms with E-state index in [9.17, 15) is 13.2 Å². The third kappa shape index (κ3) is 3.71. The molecular weight excluding hydrogens is 384 g/mol. The molecule has 0 bridgehead atoms. The third-order valence-corrected chi connectivity index (χ3v) is 8.11. The van der Waals surface area contributed by atoms with E-state index < -0.39 is 15.4 Å². The zero-order valence-corrected chi connectivity index (χ0v) is 17.9. The van der Waals surface area contributed by atoms with Crippen molar-refractivity contribution in [3.63, 3.8) is 0 Å². The summed E-state index contributed by atoms with van der Waals surface area (Å²) >= 11 is 0. The highest BCUT2D eigenvalue weighted by Gasteiger charge is 2.53. The first-order valence-corrected chi connectivity index (χ1v) is 11.7. The molecule has 4 rings (SSSR count). The molecule has 0 unspecified atom stereocenters. The molecule has 5 nitrogen and oxygen atoms in total. The maximum atomic E-state index is 13.2. The molecule has 2 aromatic rings. The first kappa shape index (κ1) is 20.1. The van der Waals surface area contributed by atoms with Crippen LogP contribution in [0.1, 0.15) is 43.7 Å². The van der Waals surface area contributed by atoms with E-state index in [2.05, 4.69) is 13.8 Å². The Morgan fingerprint density at radius 3 is 2.00 bits per heavy atom. The maximum absolute atomic E-state index is 13.2. The molecule has 1 aliphatic carbocycles. The molecule has 154 valence electrons. The topological polar surface area (TPSA) is 57.7 Å². The van der Waals surface area contributed by atoms with Gasteiger partial charge in [-0.25, -0.2) is 8.42 Å². The van der Waals surface area contributed by atoms with Crippen LogP contribution in [0.2, 0.25) is 0 Å². The van der Waals surface area contributed by atoms with Crippen molar-refractivity contribution in [1.29, 1.82) is 0 Å². The van der Waals surface area contributed by atoms with Crippen molar-refractivity contribution < 1.29 is 13.2 Å². The summed E-state index contributed by atoms with van der Waals surface area (Å²) in [6, 6.07) is 17.1. The number of piperazine rings is 1. The van der Waals surface area contributed by atoms with Crippen LogP contribution < -0.4 is 0 Å². The van der Waals surface area contributed by atoms with E-state index in [4.69, 9.17) is 0 Å². The van der Waals surface area contributed by atoms with E-state index in [-0.39, 0.29) is 5.91 Å². The molecule has 0 atom stereocenters. The molecule has 2 aromatic carbocycles. The number of sulfonamides is 1. The molecule has 0 spiro atoms. The molecule has 1 amide bonds. The van der Waals surface area contributed by atoms with E-state index >= 15 is 0 Å². The minimum Gasteiger partial charge on any atom is -0.339 e. The Bertz CT molecular complexity index is 973. The predicted octanol–water partition coefficient (Wildman–Crippen LogP) is 3.37. The van der Waals surface area contributed by atoms with Crippen LogP contribution in [0.5, 0.6) is 0 Å². The largest absolute Gasteiger partial charge is 0.339 e. The lowest BCUT2D eigenvalue weighted by atomic mass is 9.94. The number of carbonyl (C=O) groups excluding carboxylic acids is 1. The Morgan fingerprint density at radius 2 is 1.48 bits per heavy atom. The van der Waals surface area contributed by atoms with E-state index in [1.54, 1.807) is 12.1 Å². The molecule has 0 aromatic heterocycles. The second-order valence-electron chi connectivity index (χ2n) is 8.37. The van der Waals surface area contributed by atoms with Crippen LogP contribution in [-0.2, 0) is 20.2 Å². The fraction of sp³-hybridized carbons (Fsp3) is 0.435.